The van der Waals surface area contributed by atoms with Gasteiger partial charge in [-0.3, -0.25) is 9.59 Å². The zero-order valence-electron chi connectivity index (χ0n) is 17.5. The van der Waals surface area contributed by atoms with Crippen molar-refractivity contribution in [3.05, 3.63) is 71.3 Å². The van der Waals surface area contributed by atoms with Gasteiger partial charge in [0.05, 0.1) is 6.21 Å². The van der Waals surface area contributed by atoms with Gasteiger partial charge in [0.1, 0.15) is 0 Å². The molecule has 0 radical (unpaired) electrons. The highest BCUT2D eigenvalue weighted by atomic mass is 16.4. The van der Waals surface area contributed by atoms with E-state index in [0.29, 0.717) is 17.7 Å². The zero-order valence-corrected chi connectivity index (χ0v) is 17.5. The van der Waals surface area contributed by atoms with E-state index in [2.05, 4.69) is 22.8 Å². The maximum atomic E-state index is 12.3. The number of aliphatic carboxylic acids is 1. The third-order valence-electron chi connectivity index (χ3n) is 4.40. The van der Waals surface area contributed by atoms with Crippen LogP contribution in [-0.2, 0) is 9.59 Å². The number of unbranched alkanes of at least 4 members (excludes halogenated alkanes) is 3. The standard InChI is InChI=1S/C24H27N3O4/c1-2-3-4-5-9-22(28)26-21-8-6-7-20(16-21)24(31)27-25-17-19-12-10-18(11-13-19)14-15-23(29)30/h6-8,10-17H,2-5,9H2,1H3,(H,26,28)(H,27,31)(H,29,30)/b15-14+,25-17+. The number of nitrogens with zero attached hydrogens (tertiary/aromatic N) is 1. The van der Waals surface area contributed by atoms with Crippen molar-refractivity contribution < 1.29 is 19.5 Å². The molecule has 0 heterocycles. The molecular formula is C24H27N3O4. The molecule has 2 amide bonds. The third-order valence-corrected chi connectivity index (χ3v) is 4.40. The topological polar surface area (TPSA) is 108 Å². The van der Waals surface area contributed by atoms with Crippen LogP contribution in [0.4, 0.5) is 5.69 Å². The molecule has 2 aromatic carbocycles. The molecule has 0 spiro atoms. The van der Waals surface area contributed by atoms with E-state index in [1.54, 1.807) is 48.5 Å². The summed E-state index contributed by atoms with van der Waals surface area (Å²) in [6, 6.07) is 13.7. The lowest BCUT2D eigenvalue weighted by atomic mass is 10.1. The molecule has 2 aromatic rings. The van der Waals surface area contributed by atoms with Gasteiger partial charge in [-0.25, -0.2) is 10.2 Å². The number of benzene rings is 2. The Kier molecular flexibility index (Phi) is 9.68. The first-order valence-corrected chi connectivity index (χ1v) is 10.2. The first-order valence-electron chi connectivity index (χ1n) is 10.2. The second kappa shape index (κ2) is 12.7. The average Bonchev–Trinajstić information content (AvgIpc) is 2.76. The molecule has 0 aliphatic rings. The molecule has 0 aliphatic carbocycles. The maximum Gasteiger partial charge on any atom is 0.328 e. The van der Waals surface area contributed by atoms with E-state index in [1.165, 1.54) is 12.3 Å². The highest BCUT2D eigenvalue weighted by Crippen LogP contribution is 2.12. The number of hydrogen-bond donors (Lipinski definition) is 3. The van der Waals surface area contributed by atoms with E-state index >= 15 is 0 Å². The number of amides is 2. The van der Waals surface area contributed by atoms with Gasteiger partial charge in [0.2, 0.25) is 5.91 Å². The summed E-state index contributed by atoms with van der Waals surface area (Å²) >= 11 is 0. The predicted molar refractivity (Wildman–Crippen MR) is 122 cm³/mol. The molecule has 0 aliphatic heterocycles. The van der Waals surface area contributed by atoms with Gasteiger partial charge in [0, 0.05) is 23.7 Å². The second-order valence-corrected chi connectivity index (χ2v) is 6.98. The summed E-state index contributed by atoms with van der Waals surface area (Å²) in [7, 11) is 0. The zero-order chi connectivity index (χ0) is 22.5. The Morgan fingerprint density at radius 1 is 1.00 bits per heavy atom. The molecular weight excluding hydrogens is 394 g/mol. The number of carboxylic acid groups (broad SMARTS) is 1. The van der Waals surface area contributed by atoms with Crippen molar-refractivity contribution in [1.82, 2.24) is 5.43 Å². The van der Waals surface area contributed by atoms with Gasteiger partial charge < -0.3 is 10.4 Å². The van der Waals surface area contributed by atoms with Crippen LogP contribution >= 0.6 is 0 Å². The molecule has 0 atom stereocenters. The maximum absolute atomic E-state index is 12.3. The molecule has 0 fully saturated rings. The van der Waals surface area contributed by atoms with Crippen LogP contribution < -0.4 is 10.7 Å². The van der Waals surface area contributed by atoms with Gasteiger partial charge in [-0.15, -0.1) is 0 Å². The van der Waals surface area contributed by atoms with E-state index in [-0.39, 0.29) is 5.91 Å². The van der Waals surface area contributed by atoms with Crippen LogP contribution in [0.15, 0.2) is 59.7 Å². The molecule has 0 saturated heterocycles. The van der Waals surface area contributed by atoms with Crippen molar-refractivity contribution >= 4 is 35.8 Å². The molecule has 2 rings (SSSR count). The van der Waals surface area contributed by atoms with Crippen molar-refractivity contribution in [3.8, 4) is 0 Å². The van der Waals surface area contributed by atoms with Gasteiger partial charge in [0.25, 0.3) is 5.91 Å². The molecule has 0 saturated carbocycles. The highest BCUT2D eigenvalue weighted by molar-refractivity contribution is 5.97. The number of hydrazone groups is 1. The van der Waals surface area contributed by atoms with Gasteiger partial charge in [-0.05, 0) is 41.8 Å². The van der Waals surface area contributed by atoms with E-state index in [1.807, 2.05) is 0 Å². The molecule has 162 valence electrons. The summed E-state index contributed by atoms with van der Waals surface area (Å²) in [5.41, 5.74) is 4.90. The molecule has 7 nitrogen and oxygen atoms in total. The van der Waals surface area contributed by atoms with Crippen LogP contribution in [-0.4, -0.2) is 29.1 Å². The first-order chi connectivity index (χ1) is 15.0. The molecule has 3 N–H and O–H groups in total. The molecule has 0 aromatic heterocycles. The van der Waals surface area contributed by atoms with Crippen molar-refractivity contribution in [1.29, 1.82) is 0 Å². The lowest BCUT2D eigenvalue weighted by Gasteiger charge is -2.07. The minimum absolute atomic E-state index is 0.0617. The van der Waals surface area contributed by atoms with Gasteiger partial charge in [0.15, 0.2) is 0 Å². The largest absolute Gasteiger partial charge is 0.478 e. The number of anilines is 1. The third kappa shape index (κ3) is 9.08. The van der Waals surface area contributed by atoms with Crippen LogP contribution in [0.25, 0.3) is 6.08 Å². The fourth-order valence-corrected chi connectivity index (χ4v) is 2.76. The summed E-state index contributed by atoms with van der Waals surface area (Å²) in [4.78, 5) is 34.9. The Labute approximate surface area is 181 Å². The number of carbonyl (C=O) groups is 3. The van der Waals surface area contributed by atoms with Crippen LogP contribution in [0, 0.1) is 0 Å². The normalized spacial score (nSPS) is 11.0. The molecule has 7 heteroatoms. The predicted octanol–water partition coefficient (Wildman–Crippen LogP) is 4.46. The number of nitrogens with one attached hydrogen (secondary N) is 2. The molecule has 0 unspecified atom stereocenters. The minimum atomic E-state index is -1.01. The van der Waals surface area contributed by atoms with Crippen LogP contribution in [0.5, 0.6) is 0 Å². The quantitative estimate of drug-likeness (QED) is 0.215. The average molecular weight is 421 g/mol. The Hall–Kier alpha value is -3.74. The second-order valence-electron chi connectivity index (χ2n) is 6.98. The Morgan fingerprint density at radius 2 is 1.74 bits per heavy atom. The fourth-order valence-electron chi connectivity index (χ4n) is 2.76. The first kappa shape index (κ1) is 23.5. The highest BCUT2D eigenvalue weighted by Gasteiger charge is 2.07. The Bertz CT molecular complexity index is 950. The SMILES string of the molecule is CCCCCCC(=O)Nc1cccc(C(=O)N/N=C/c2ccc(/C=C/C(=O)O)cc2)c1. The van der Waals surface area contributed by atoms with E-state index in [9.17, 15) is 14.4 Å². The van der Waals surface area contributed by atoms with Crippen LogP contribution in [0.1, 0.15) is 60.5 Å². The lowest BCUT2D eigenvalue weighted by Crippen LogP contribution is -2.18. The van der Waals surface area contributed by atoms with E-state index in [0.717, 1.165) is 42.9 Å². The monoisotopic (exact) mass is 421 g/mol. The summed E-state index contributed by atoms with van der Waals surface area (Å²) in [6.45, 7) is 2.12. The summed E-state index contributed by atoms with van der Waals surface area (Å²) in [6.07, 6.45) is 8.63. The number of carbonyl (C=O) groups excluding carboxylic acids is 2. The molecule has 0 bridgehead atoms. The number of rotatable bonds is 11. The number of hydrogen-bond acceptors (Lipinski definition) is 4. The smallest absolute Gasteiger partial charge is 0.328 e. The van der Waals surface area contributed by atoms with Gasteiger partial charge >= 0.3 is 5.97 Å². The Morgan fingerprint density at radius 3 is 2.45 bits per heavy atom. The minimum Gasteiger partial charge on any atom is -0.478 e. The summed E-state index contributed by atoms with van der Waals surface area (Å²) in [5.74, 6) is -1.46. The van der Waals surface area contributed by atoms with Crippen LogP contribution in [0.3, 0.4) is 0 Å². The van der Waals surface area contributed by atoms with E-state index < -0.39 is 11.9 Å². The van der Waals surface area contributed by atoms with Crippen molar-refractivity contribution in [2.75, 3.05) is 5.32 Å². The Balaban J connectivity index is 1.87. The number of carboxylic acids is 1. The summed E-state index contributed by atoms with van der Waals surface area (Å²) in [5, 5.41) is 15.4. The van der Waals surface area contributed by atoms with E-state index in [4.69, 9.17) is 5.11 Å². The molecule has 31 heavy (non-hydrogen) atoms. The van der Waals surface area contributed by atoms with Crippen molar-refractivity contribution in [2.24, 2.45) is 5.10 Å². The van der Waals surface area contributed by atoms with Gasteiger partial charge in [-0.2, -0.15) is 5.10 Å². The fraction of sp³-hybridized carbons (Fsp3) is 0.250. The summed E-state index contributed by atoms with van der Waals surface area (Å²) < 4.78 is 0. The van der Waals surface area contributed by atoms with Gasteiger partial charge in [-0.1, -0.05) is 56.5 Å². The van der Waals surface area contributed by atoms with Crippen molar-refractivity contribution in [2.45, 2.75) is 39.0 Å². The van der Waals surface area contributed by atoms with Crippen LogP contribution in [0.2, 0.25) is 0 Å². The lowest BCUT2D eigenvalue weighted by molar-refractivity contribution is -0.131. The van der Waals surface area contributed by atoms with Crippen molar-refractivity contribution in [3.63, 3.8) is 0 Å².